The van der Waals surface area contributed by atoms with E-state index >= 15 is 0 Å². The summed E-state index contributed by atoms with van der Waals surface area (Å²) in [5, 5.41) is 3.69. The minimum absolute atomic E-state index is 0.0281. The van der Waals surface area contributed by atoms with E-state index in [4.69, 9.17) is 5.73 Å². The van der Waals surface area contributed by atoms with Gasteiger partial charge in [0, 0.05) is 11.3 Å². The number of hydrogen-bond acceptors (Lipinski definition) is 3. The molecule has 3 unspecified atom stereocenters. The predicted octanol–water partition coefficient (Wildman–Crippen LogP) is 1.76. The number of rotatable bonds is 5. The molecule has 4 atom stereocenters. The van der Waals surface area contributed by atoms with Gasteiger partial charge in [-0.15, -0.1) is 0 Å². The van der Waals surface area contributed by atoms with Crippen LogP contribution in [0.25, 0.3) is 0 Å². The normalized spacial score (nSPS) is 28.8. The number of nitrogens with one attached hydrogen (secondary N) is 1. The molecule has 0 aromatic heterocycles. The van der Waals surface area contributed by atoms with Crippen molar-refractivity contribution in [1.29, 1.82) is 0 Å². The van der Waals surface area contributed by atoms with Crippen LogP contribution in [0.15, 0.2) is 0 Å². The molecular formula is C12H24N2OS. The number of nitrogens with two attached hydrogens (primary N) is 1. The Morgan fingerprint density at radius 3 is 2.81 bits per heavy atom. The number of hydrogen-bond donors (Lipinski definition) is 2. The summed E-state index contributed by atoms with van der Waals surface area (Å²) in [5.41, 5.74) is 5.92. The lowest BCUT2D eigenvalue weighted by Crippen LogP contribution is -2.49. The molecule has 1 rings (SSSR count). The van der Waals surface area contributed by atoms with E-state index in [9.17, 15) is 4.79 Å². The zero-order chi connectivity index (χ0) is 12.1. The maximum atomic E-state index is 11.9. The highest BCUT2D eigenvalue weighted by molar-refractivity contribution is 7.99. The Morgan fingerprint density at radius 2 is 2.25 bits per heavy atom. The van der Waals surface area contributed by atoms with Crippen LogP contribution in [0, 0.1) is 5.92 Å². The fourth-order valence-corrected chi connectivity index (χ4v) is 3.10. The van der Waals surface area contributed by atoms with Gasteiger partial charge in [0.1, 0.15) is 0 Å². The van der Waals surface area contributed by atoms with Crippen molar-refractivity contribution in [3.05, 3.63) is 0 Å². The molecule has 0 saturated heterocycles. The molecule has 0 spiro atoms. The third kappa shape index (κ3) is 3.39. The van der Waals surface area contributed by atoms with E-state index in [1.807, 2.05) is 18.7 Å². The second-order valence-electron chi connectivity index (χ2n) is 4.73. The van der Waals surface area contributed by atoms with E-state index in [1.54, 1.807) is 0 Å². The van der Waals surface area contributed by atoms with Crippen molar-refractivity contribution in [2.24, 2.45) is 11.7 Å². The summed E-state index contributed by atoms with van der Waals surface area (Å²) in [5.74, 6) is 0.287. The van der Waals surface area contributed by atoms with Crippen LogP contribution in [0.5, 0.6) is 0 Å². The highest BCUT2D eigenvalue weighted by atomic mass is 32.2. The van der Waals surface area contributed by atoms with Crippen molar-refractivity contribution in [3.8, 4) is 0 Å². The van der Waals surface area contributed by atoms with E-state index in [-0.39, 0.29) is 17.9 Å². The monoisotopic (exact) mass is 244 g/mol. The first kappa shape index (κ1) is 13.8. The second-order valence-corrected chi connectivity index (χ2v) is 5.81. The van der Waals surface area contributed by atoms with Gasteiger partial charge in [0.2, 0.25) is 5.91 Å². The van der Waals surface area contributed by atoms with E-state index in [0.29, 0.717) is 11.3 Å². The Bertz CT molecular complexity index is 235. The number of thioether (sulfide) groups is 1. The summed E-state index contributed by atoms with van der Waals surface area (Å²) >= 11 is 1.85. The average molecular weight is 244 g/mol. The van der Waals surface area contributed by atoms with Crippen molar-refractivity contribution in [1.82, 2.24) is 5.32 Å². The zero-order valence-corrected chi connectivity index (χ0v) is 11.3. The van der Waals surface area contributed by atoms with Gasteiger partial charge in [-0.1, -0.05) is 26.7 Å². The average Bonchev–Trinajstić information content (AvgIpc) is 2.74. The van der Waals surface area contributed by atoms with Gasteiger partial charge in [0.15, 0.2) is 0 Å². The molecule has 1 aliphatic rings. The van der Waals surface area contributed by atoms with Crippen LogP contribution in [0.4, 0.5) is 0 Å². The van der Waals surface area contributed by atoms with Crippen molar-refractivity contribution >= 4 is 17.7 Å². The van der Waals surface area contributed by atoms with Crippen LogP contribution < -0.4 is 11.1 Å². The summed E-state index contributed by atoms with van der Waals surface area (Å²) in [4.78, 5) is 11.9. The third-order valence-corrected chi connectivity index (χ3v) is 4.81. The maximum Gasteiger partial charge on any atom is 0.237 e. The Balaban J connectivity index is 2.44. The van der Waals surface area contributed by atoms with Crippen LogP contribution in [0.2, 0.25) is 0 Å². The van der Waals surface area contributed by atoms with Crippen LogP contribution in [-0.2, 0) is 4.79 Å². The first-order valence-corrected chi connectivity index (χ1v) is 7.47. The molecule has 0 heterocycles. The predicted molar refractivity (Wildman–Crippen MR) is 70.5 cm³/mol. The SMILES string of the molecule is CCC(C)[C@H](N)C(=O)NC1CCCC1SC. The van der Waals surface area contributed by atoms with E-state index < -0.39 is 0 Å². The molecule has 3 nitrogen and oxygen atoms in total. The summed E-state index contributed by atoms with van der Waals surface area (Å²) < 4.78 is 0. The topological polar surface area (TPSA) is 55.1 Å². The molecule has 1 amide bonds. The minimum atomic E-state index is -0.354. The highest BCUT2D eigenvalue weighted by Gasteiger charge is 2.30. The van der Waals surface area contributed by atoms with Crippen molar-refractivity contribution in [2.75, 3.05) is 6.26 Å². The van der Waals surface area contributed by atoms with E-state index in [1.165, 1.54) is 12.8 Å². The first-order chi connectivity index (χ1) is 7.60. The number of amides is 1. The summed E-state index contributed by atoms with van der Waals surface area (Å²) in [6, 6.07) is -0.0225. The lowest BCUT2D eigenvalue weighted by Gasteiger charge is -2.23. The molecule has 3 N–H and O–H groups in total. The van der Waals surface area contributed by atoms with Gasteiger partial charge in [-0.2, -0.15) is 11.8 Å². The molecule has 0 aromatic carbocycles. The highest BCUT2D eigenvalue weighted by Crippen LogP contribution is 2.28. The van der Waals surface area contributed by atoms with Crippen molar-refractivity contribution in [2.45, 2.75) is 56.9 Å². The summed E-state index contributed by atoms with van der Waals surface area (Å²) in [6.45, 7) is 4.10. The number of carbonyl (C=O) groups excluding carboxylic acids is 1. The molecule has 1 saturated carbocycles. The third-order valence-electron chi connectivity index (χ3n) is 3.64. The van der Waals surface area contributed by atoms with Crippen LogP contribution in [-0.4, -0.2) is 29.5 Å². The van der Waals surface area contributed by atoms with Gasteiger partial charge in [0.05, 0.1) is 6.04 Å². The molecule has 1 aliphatic carbocycles. The van der Waals surface area contributed by atoms with Gasteiger partial charge < -0.3 is 11.1 Å². The van der Waals surface area contributed by atoms with Crippen LogP contribution >= 0.6 is 11.8 Å². The summed E-state index contributed by atoms with van der Waals surface area (Å²) in [7, 11) is 0. The standard InChI is InChI=1S/C12H24N2OS/c1-4-8(2)11(13)12(15)14-9-6-5-7-10(9)16-3/h8-11H,4-7,13H2,1-3H3,(H,14,15)/t8?,9?,10?,11-/m0/s1. The molecule has 16 heavy (non-hydrogen) atoms. The Morgan fingerprint density at radius 1 is 1.56 bits per heavy atom. The van der Waals surface area contributed by atoms with Gasteiger partial charge in [0.25, 0.3) is 0 Å². The Labute approximate surface area is 103 Å². The fraction of sp³-hybridized carbons (Fsp3) is 0.917. The Kier molecular flexibility index (Phi) is 5.62. The zero-order valence-electron chi connectivity index (χ0n) is 10.5. The maximum absolute atomic E-state index is 11.9. The molecule has 1 fully saturated rings. The van der Waals surface area contributed by atoms with Gasteiger partial charge >= 0.3 is 0 Å². The summed E-state index contributed by atoms with van der Waals surface area (Å²) in [6.07, 6.45) is 6.60. The molecule has 94 valence electrons. The molecule has 0 aromatic rings. The first-order valence-electron chi connectivity index (χ1n) is 6.18. The fourth-order valence-electron chi connectivity index (χ4n) is 2.16. The molecular weight excluding hydrogens is 220 g/mol. The van der Waals surface area contributed by atoms with Crippen molar-refractivity contribution in [3.63, 3.8) is 0 Å². The smallest absolute Gasteiger partial charge is 0.237 e. The lowest BCUT2D eigenvalue weighted by atomic mass is 9.99. The quantitative estimate of drug-likeness (QED) is 0.775. The van der Waals surface area contributed by atoms with E-state index in [0.717, 1.165) is 12.8 Å². The second kappa shape index (κ2) is 6.50. The van der Waals surface area contributed by atoms with Crippen LogP contribution in [0.3, 0.4) is 0 Å². The largest absolute Gasteiger partial charge is 0.351 e. The molecule has 0 aliphatic heterocycles. The number of carbonyl (C=O) groups is 1. The molecule has 4 heteroatoms. The van der Waals surface area contributed by atoms with Gasteiger partial charge in [-0.05, 0) is 25.0 Å². The van der Waals surface area contributed by atoms with E-state index in [2.05, 4.69) is 18.5 Å². The van der Waals surface area contributed by atoms with Crippen molar-refractivity contribution < 1.29 is 4.79 Å². The molecule has 0 bridgehead atoms. The van der Waals surface area contributed by atoms with Gasteiger partial charge in [-0.25, -0.2) is 0 Å². The minimum Gasteiger partial charge on any atom is -0.351 e. The molecule has 0 radical (unpaired) electrons. The lowest BCUT2D eigenvalue weighted by molar-refractivity contribution is -0.124. The van der Waals surface area contributed by atoms with Gasteiger partial charge in [-0.3, -0.25) is 4.79 Å². The Hall–Kier alpha value is -0.220. The van der Waals surface area contributed by atoms with Crippen LogP contribution in [0.1, 0.15) is 39.5 Å².